The van der Waals surface area contributed by atoms with E-state index in [-0.39, 0.29) is 12.1 Å². The summed E-state index contributed by atoms with van der Waals surface area (Å²) in [6.45, 7) is 3.99. The van der Waals surface area contributed by atoms with Gasteiger partial charge in [0.25, 0.3) is 11.5 Å². The zero-order valence-corrected chi connectivity index (χ0v) is 14.3. The number of primary amides is 1. The Kier molecular flexibility index (Phi) is 4.44. The van der Waals surface area contributed by atoms with Crippen molar-refractivity contribution in [3.05, 3.63) is 63.1 Å². The summed E-state index contributed by atoms with van der Waals surface area (Å²) in [6.07, 6.45) is 1.19. The van der Waals surface area contributed by atoms with Crippen LogP contribution < -0.4 is 16.2 Å². The van der Waals surface area contributed by atoms with E-state index in [2.05, 4.69) is 4.98 Å². The van der Waals surface area contributed by atoms with Crippen molar-refractivity contribution >= 4 is 17.5 Å². The van der Waals surface area contributed by atoms with Gasteiger partial charge in [-0.15, -0.1) is 0 Å². The molecule has 3 N–H and O–H groups in total. The highest BCUT2D eigenvalue weighted by Crippen LogP contribution is 2.30. The maximum atomic E-state index is 13.1. The number of para-hydroxylation sites is 1. The van der Waals surface area contributed by atoms with Crippen molar-refractivity contribution in [1.82, 2.24) is 4.98 Å². The van der Waals surface area contributed by atoms with Crippen molar-refractivity contribution in [2.45, 2.75) is 26.7 Å². The first-order chi connectivity index (χ1) is 11.9. The molecule has 0 fully saturated rings. The van der Waals surface area contributed by atoms with Crippen LogP contribution in [0.4, 0.5) is 5.69 Å². The van der Waals surface area contributed by atoms with Crippen LogP contribution in [0.2, 0.25) is 0 Å². The molecule has 2 amide bonds. The van der Waals surface area contributed by atoms with Gasteiger partial charge in [0.15, 0.2) is 0 Å². The number of hydrogen-bond donors (Lipinski definition) is 2. The number of carbonyl (C=O) groups excluding carboxylic acids is 2. The molecule has 1 aromatic heterocycles. The van der Waals surface area contributed by atoms with E-state index in [0.29, 0.717) is 12.8 Å². The zero-order chi connectivity index (χ0) is 18.1. The summed E-state index contributed by atoms with van der Waals surface area (Å²) in [4.78, 5) is 41.4. The van der Waals surface area contributed by atoms with Gasteiger partial charge in [0, 0.05) is 17.9 Å². The van der Waals surface area contributed by atoms with Crippen LogP contribution in [0.1, 0.15) is 34.1 Å². The second kappa shape index (κ2) is 6.55. The number of H-pyrrole nitrogens is 1. The Morgan fingerprint density at radius 3 is 2.72 bits per heavy atom. The molecule has 0 spiro atoms. The van der Waals surface area contributed by atoms with Gasteiger partial charge in [-0.05, 0) is 43.0 Å². The van der Waals surface area contributed by atoms with E-state index >= 15 is 0 Å². The first-order valence-corrected chi connectivity index (χ1v) is 8.34. The van der Waals surface area contributed by atoms with Crippen molar-refractivity contribution in [2.75, 3.05) is 11.4 Å². The molecule has 1 aromatic carbocycles. The number of hydrogen-bond acceptors (Lipinski definition) is 3. The van der Waals surface area contributed by atoms with Crippen LogP contribution in [-0.4, -0.2) is 23.3 Å². The number of nitrogens with one attached hydrogen (secondary N) is 1. The first-order valence-electron chi connectivity index (χ1n) is 8.34. The lowest BCUT2D eigenvalue weighted by atomic mass is 9.91. The van der Waals surface area contributed by atoms with E-state index < -0.39 is 23.3 Å². The summed E-state index contributed by atoms with van der Waals surface area (Å²) in [5.41, 5.74) is 8.42. The van der Waals surface area contributed by atoms with Crippen molar-refractivity contribution in [3.63, 3.8) is 0 Å². The summed E-state index contributed by atoms with van der Waals surface area (Å²) in [5, 5.41) is 0. The summed E-state index contributed by atoms with van der Waals surface area (Å²) in [6, 6.07) is 9.01. The third kappa shape index (κ3) is 3.07. The molecular weight excluding hydrogens is 318 g/mol. The molecule has 0 bridgehead atoms. The molecule has 25 heavy (non-hydrogen) atoms. The number of amides is 2. The molecule has 6 nitrogen and oxygen atoms in total. The van der Waals surface area contributed by atoms with Crippen LogP contribution in [0.15, 0.2) is 35.1 Å². The smallest absolute Gasteiger partial charge is 0.263 e. The SMILES string of the molecule is CCc1[nH]c(=O)c(C(=O)N2CC(C(N)=O)Cc3ccccc32)cc1C. The number of aromatic amines is 1. The molecule has 0 saturated carbocycles. The van der Waals surface area contributed by atoms with Crippen LogP contribution in [0.3, 0.4) is 0 Å². The van der Waals surface area contributed by atoms with Crippen LogP contribution >= 0.6 is 0 Å². The number of nitrogens with two attached hydrogens (primary N) is 1. The molecule has 2 aromatic rings. The highest BCUT2D eigenvalue weighted by Gasteiger charge is 2.32. The second-order valence-electron chi connectivity index (χ2n) is 6.38. The molecule has 130 valence electrons. The monoisotopic (exact) mass is 339 g/mol. The van der Waals surface area contributed by atoms with Gasteiger partial charge in [-0.25, -0.2) is 0 Å². The van der Waals surface area contributed by atoms with Crippen molar-refractivity contribution < 1.29 is 9.59 Å². The number of aromatic nitrogens is 1. The standard InChI is InChI=1S/C19H21N3O3/c1-3-15-11(2)8-14(18(24)21-15)19(25)22-10-13(17(20)23)9-12-6-4-5-7-16(12)22/h4-8,13H,3,9-10H2,1-2H3,(H2,20,23)(H,21,24). The number of fused-ring (bicyclic) bond motifs is 1. The Morgan fingerprint density at radius 1 is 1.32 bits per heavy atom. The van der Waals surface area contributed by atoms with Crippen molar-refractivity contribution in [2.24, 2.45) is 11.7 Å². The molecule has 1 aliphatic heterocycles. The third-order valence-corrected chi connectivity index (χ3v) is 4.73. The van der Waals surface area contributed by atoms with Crippen LogP contribution in [0, 0.1) is 12.8 Å². The third-order valence-electron chi connectivity index (χ3n) is 4.73. The topological polar surface area (TPSA) is 96.3 Å². The number of aryl methyl sites for hydroxylation is 2. The lowest BCUT2D eigenvalue weighted by Gasteiger charge is -2.33. The zero-order valence-electron chi connectivity index (χ0n) is 14.3. The molecule has 0 radical (unpaired) electrons. The van der Waals surface area contributed by atoms with Gasteiger partial charge in [0.05, 0.1) is 5.92 Å². The second-order valence-corrected chi connectivity index (χ2v) is 6.38. The molecule has 0 saturated heterocycles. The first kappa shape index (κ1) is 17.0. The molecule has 2 heterocycles. The largest absolute Gasteiger partial charge is 0.369 e. The average molecular weight is 339 g/mol. The molecule has 0 aliphatic carbocycles. The van der Waals surface area contributed by atoms with E-state index in [4.69, 9.17) is 5.73 Å². The van der Waals surface area contributed by atoms with Crippen LogP contribution in [-0.2, 0) is 17.6 Å². The highest BCUT2D eigenvalue weighted by molar-refractivity contribution is 6.07. The van der Waals surface area contributed by atoms with E-state index in [1.165, 1.54) is 4.90 Å². The normalized spacial score (nSPS) is 16.4. The van der Waals surface area contributed by atoms with Crippen molar-refractivity contribution in [3.8, 4) is 0 Å². The lowest BCUT2D eigenvalue weighted by Crippen LogP contribution is -2.45. The van der Waals surface area contributed by atoms with Gasteiger partial charge in [0.1, 0.15) is 5.56 Å². The Hall–Kier alpha value is -2.89. The van der Waals surface area contributed by atoms with Crippen molar-refractivity contribution in [1.29, 1.82) is 0 Å². The molecule has 1 atom stereocenters. The van der Waals surface area contributed by atoms with Gasteiger partial charge < -0.3 is 15.6 Å². The van der Waals surface area contributed by atoms with Crippen LogP contribution in [0.5, 0.6) is 0 Å². The quantitative estimate of drug-likeness (QED) is 0.888. The molecule has 1 aliphatic rings. The maximum absolute atomic E-state index is 13.1. The summed E-state index contributed by atoms with van der Waals surface area (Å²) in [7, 11) is 0. The van der Waals surface area contributed by atoms with Gasteiger partial charge in [-0.2, -0.15) is 0 Å². The lowest BCUT2D eigenvalue weighted by molar-refractivity contribution is -0.121. The number of anilines is 1. The van der Waals surface area contributed by atoms with E-state index in [9.17, 15) is 14.4 Å². The minimum absolute atomic E-state index is 0.0784. The maximum Gasteiger partial charge on any atom is 0.263 e. The number of carbonyl (C=O) groups is 2. The van der Waals surface area contributed by atoms with E-state index in [0.717, 1.165) is 22.5 Å². The molecule has 1 unspecified atom stereocenters. The fourth-order valence-electron chi connectivity index (χ4n) is 3.32. The Balaban J connectivity index is 2.06. The molecular formula is C19H21N3O3. The Morgan fingerprint density at radius 2 is 2.04 bits per heavy atom. The highest BCUT2D eigenvalue weighted by atomic mass is 16.2. The fourth-order valence-corrected chi connectivity index (χ4v) is 3.32. The average Bonchev–Trinajstić information content (AvgIpc) is 2.61. The fraction of sp³-hybridized carbons (Fsp3) is 0.316. The van der Waals surface area contributed by atoms with Gasteiger partial charge in [-0.1, -0.05) is 25.1 Å². The minimum atomic E-state index is -0.464. The number of nitrogens with zero attached hydrogens (tertiary/aromatic N) is 1. The van der Waals surface area contributed by atoms with E-state index in [1.54, 1.807) is 6.07 Å². The number of benzene rings is 1. The molecule has 3 rings (SSSR count). The summed E-state index contributed by atoms with van der Waals surface area (Å²) < 4.78 is 0. The van der Waals surface area contributed by atoms with Crippen LogP contribution in [0.25, 0.3) is 0 Å². The van der Waals surface area contributed by atoms with Gasteiger partial charge in [-0.3, -0.25) is 14.4 Å². The minimum Gasteiger partial charge on any atom is -0.369 e. The summed E-state index contributed by atoms with van der Waals surface area (Å²) in [5.74, 6) is -1.32. The number of rotatable bonds is 3. The predicted octanol–water partition coefficient (Wildman–Crippen LogP) is 1.55. The Bertz CT molecular complexity index is 901. The summed E-state index contributed by atoms with van der Waals surface area (Å²) >= 11 is 0. The van der Waals surface area contributed by atoms with E-state index in [1.807, 2.05) is 38.1 Å². The number of pyridine rings is 1. The Labute approximate surface area is 145 Å². The van der Waals surface area contributed by atoms with Gasteiger partial charge >= 0.3 is 0 Å². The van der Waals surface area contributed by atoms with Gasteiger partial charge in [0.2, 0.25) is 5.91 Å². The predicted molar refractivity (Wildman–Crippen MR) is 95.7 cm³/mol. The molecule has 6 heteroatoms.